The van der Waals surface area contributed by atoms with Crippen LogP contribution in [0.5, 0.6) is 0 Å². The average molecular weight is 369 g/mol. The predicted octanol–water partition coefficient (Wildman–Crippen LogP) is 4.62. The van der Waals surface area contributed by atoms with Crippen molar-refractivity contribution in [2.75, 3.05) is 14.2 Å². The molecule has 2 atom stereocenters. The molecule has 0 bridgehead atoms. The molecular weight excluding hydrogens is 350 g/mol. The van der Waals surface area contributed by atoms with E-state index in [0.717, 1.165) is 27.0 Å². The van der Waals surface area contributed by atoms with Gasteiger partial charge in [-0.05, 0) is 36.7 Å². The minimum absolute atomic E-state index is 0.0177. The van der Waals surface area contributed by atoms with Gasteiger partial charge in [0.15, 0.2) is 0 Å². The summed E-state index contributed by atoms with van der Waals surface area (Å²) in [6.07, 6.45) is 0.784. The molecule has 4 heteroatoms. The number of likely N-dealkylation sites (N-methyl/N-ethyl adjacent to an activating group) is 1. The molecule has 0 heterocycles. The maximum atomic E-state index is 6.33. The Morgan fingerprint density at radius 3 is 2.48 bits per heavy atom. The second-order valence-corrected chi connectivity index (χ2v) is 6.22. The summed E-state index contributed by atoms with van der Waals surface area (Å²) >= 11 is 9.76. The molecule has 0 fully saturated rings. The van der Waals surface area contributed by atoms with Crippen molar-refractivity contribution in [1.82, 2.24) is 5.32 Å². The lowest BCUT2D eigenvalue weighted by atomic mass is 9.96. The second kappa shape index (κ2) is 7.95. The fourth-order valence-corrected chi connectivity index (χ4v) is 3.21. The number of nitrogens with one attached hydrogen (secondary N) is 1. The van der Waals surface area contributed by atoms with Gasteiger partial charge in [-0.2, -0.15) is 0 Å². The van der Waals surface area contributed by atoms with Gasteiger partial charge in [0.1, 0.15) is 0 Å². The van der Waals surface area contributed by atoms with Gasteiger partial charge in [-0.1, -0.05) is 63.9 Å². The summed E-state index contributed by atoms with van der Waals surface area (Å²) in [7, 11) is 3.69. The number of ether oxygens (including phenoxy) is 1. The van der Waals surface area contributed by atoms with Crippen molar-refractivity contribution in [1.29, 1.82) is 0 Å². The molecule has 0 amide bonds. The predicted molar refractivity (Wildman–Crippen MR) is 91.9 cm³/mol. The first kappa shape index (κ1) is 16.5. The molecule has 0 saturated carbocycles. The van der Waals surface area contributed by atoms with E-state index in [9.17, 15) is 0 Å². The van der Waals surface area contributed by atoms with E-state index in [2.05, 4.69) is 39.4 Å². The van der Waals surface area contributed by atoms with Gasteiger partial charge in [0.25, 0.3) is 0 Å². The zero-order chi connectivity index (χ0) is 15.2. The van der Waals surface area contributed by atoms with Crippen LogP contribution in [0.25, 0.3) is 0 Å². The lowest BCUT2D eigenvalue weighted by Crippen LogP contribution is -2.35. The van der Waals surface area contributed by atoms with E-state index >= 15 is 0 Å². The maximum absolute atomic E-state index is 6.33. The van der Waals surface area contributed by atoms with E-state index in [0.29, 0.717) is 0 Å². The molecule has 0 aromatic heterocycles. The maximum Gasteiger partial charge on any atom is 0.0977 e. The van der Waals surface area contributed by atoms with E-state index < -0.39 is 0 Å². The fraction of sp³-hybridized carbons (Fsp3) is 0.294. The van der Waals surface area contributed by atoms with Gasteiger partial charge in [0, 0.05) is 22.6 Å². The molecule has 0 aliphatic heterocycles. The van der Waals surface area contributed by atoms with Crippen LogP contribution in [0.15, 0.2) is 53.0 Å². The van der Waals surface area contributed by atoms with Gasteiger partial charge in [0.2, 0.25) is 0 Å². The molecule has 0 spiro atoms. The fourth-order valence-electron chi connectivity index (χ4n) is 2.46. The molecule has 21 heavy (non-hydrogen) atoms. The highest BCUT2D eigenvalue weighted by molar-refractivity contribution is 9.10. The number of halogens is 2. The smallest absolute Gasteiger partial charge is 0.0977 e. The summed E-state index contributed by atoms with van der Waals surface area (Å²) in [6.45, 7) is 0. The first-order chi connectivity index (χ1) is 10.2. The van der Waals surface area contributed by atoms with Crippen LogP contribution in [-0.2, 0) is 11.2 Å². The highest BCUT2D eigenvalue weighted by atomic mass is 79.9. The molecule has 2 unspecified atom stereocenters. The minimum Gasteiger partial charge on any atom is -0.375 e. The first-order valence-corrected chi connectivity index (χ1v) is 8.01. The van der Waals surface area contributed by atoms with Crippen molar-refractivity contribution in [3.05, 3.63) is 69.2 Å². The van der Waals surface area contributed by atoms with Crippen molar-refractivity contribution >= 4 is 27.5 Å². The van der Waals surface area contributed by atoms with Gasteiger partial charge in [-0.15, -0.1) is 0 Å². The molecular formula is C17H19BrClNO. The topological polar surface area (TPSA) is 21.3 Å². The van der Waals surface area contributed by atoms with E-state index in [1.165, 1.54) is 0 Å². The van der Waals surface area contributed by atoms with Crippen molar-refractivity contribution in [2.45, 2.75) is 18.6 Å². The van der Waals surface area contributed by atoms with Crippen molar-refractivity contribution in [3.63, 3.8) is 0 Å². The van der Waals surface area contributed by atoms with Crippen LogP contribution >= 0.6 is 27.5 Å². The highest BCUT2D eigenvalue weighted by Crippen LogP contribution is 2.27. The number of benzene rings is 2. The Morgan fingerprint density at radius 1 is 1.19 bits per heavy atom. The van der Waals surface area contributed by atoms with Crippen molar-refractivity contribution in [3.8, 4) is 0 Å². The van der Waals surface area contributed by atoms with Crippen LogP contribution in [0, 0.1) is 0 Å². The molecule has 0 aliphatic rings. The molecule has 0 radical (unpaired) electrons. The molecule has 1 N–H and O–H groups in total. The van der Waals surface area contributed by atoms with Gasteiger partial charge in [-0.25, -0.2) is 0 Å². The first-order valence-electron chi connectivity index (χ1n) is 6.84. The largest absolute Gasteiger partial charge is 0.375 e. The highest BCUT2D eigenvalue weighted by Gasteiger charge is 2.22. The van der Waals surface area contributed by atoms with Crippen LogP contribution < -0.4 is 5.32 Å². The molecule has 2 nitrogen and oxygen atoms in total. The Kier molecular flexibility index (Phi) is 6.24. The molecule has 2 aromatic rings. The third-order valence-corrected chi connectivity index (χ3v) is 4.42. The van der Waals surface area contributed by atoms with Crippen LogP contribution in [0.2, 0.25) is 5.02 Å². The third kappa shape index (κ3) is 4.30. The van der Waals surface area contributed by atoms with Crippen LogP contribution in [0.3, 0.4) is 0 Å². The summed E-state index contributed by atoms with van der Waals surface area (Å²) in [6, 6.07) is 16.4. The lowest BCUT2D eigenvalue weighted by molar-refractivity contribution is 0.0704. The van der Waals surface area contributed by atoms with E-state index in [1.807, 2.05) is 37.4 Å². The number of rotatable bonds is 6. The van der Waals surface area contributed by atoms with Gasteiger partial charge >= 0.3 is 0 Å². The zero-order valence-corrected chi connectivity index (χ0v) is 14.5. The van der Waals surface area contributed by atoms with Crippen molar-refractivity contribution in [2.24, 2.45) is 0 Å². The Labute approximate surface area is 139 Å². The van der Waals surface area contributed by atoms with Crippen LogP contribution in [-0.4, -0.2) is 20.2 Å². The van der Waals surface area contributed by atoms with Crippen LogP contribution in [0.1, 0.15) is 17.2 Å². The summed E-state index contributed by atoms with van der Waals surface area (Å²) in [5, 5.41) is 4.12. The summed E-state index contributed by atoms with van der Waals surface area (Å²) < 4.78 is 6.70. The van der Waals surface area contributed by atoms with Crippen molar-refractivity contribution < 1.29 is 4.74 Å². The molecule has 2 aromatic carbocycles. The number of hydrogen-bond acceptors (Lipinski definition) is 2. The van der Waals surface area contributed by atoms with E-state index in [1.54, 1.807) is 7.11 Å². The van der Waals surface area contributed by atoms with Gasteiger partial charge in [0.05, 0.1) is 6.10 Å². The lowest BCUT2D eigenvalue weighted by Gasteiger charge is -2.26. The summed E-state index contributed by atoms with van der Waals surface area (Å²) in [4.78, 5) is 0. The number of hydrogen-bond donors (Lipinski definition) is 1. The third-order valence-electron chi connectivity index (χ3n) is 3.57. The normalized spacial score (nSPS) is 13.9. The minimum atomic E-state index is -0.0177. The monoisotopic (exact) mass is 367 g/mol. The molecule has 112 valence electrons. The molecule has 0 saturated heterocycles. The Balaban J connectivity index is 2.22. The van der Waals surface area contributed by atoms with E-state index in [-0.39, 0.29) is 12.1 Å². The summed E-state index contributed by atoms with van der Waals surface area (Å²) in [5.41, 5.74) is 2.27. The molecule has 0 aliphatic carbocycles. The summed E-state index contributed by atoms with van der Waals surface area (Å²) in [5.74, 6) is 0. The molecule has 2 rings (SSSR count). The van der Waals surface area contributed by atoms with E-state index in [4.69, 9.17) is 16.3 Å². The Bertz CT molecular complexity index is 576. The quantitative estimate of drug-likeness (QED) is 0.803. The van der Waals surface area contributed by atoms with Crippen LogP contribution in [0.4, 0.5) is 0 Å². The Hall–Kier alpha value is -0.870. The van der Waals surface area contributed by atoms with Gasteiger partial charge in [-0.3, -0.25) is 0 Å². The van der Waals surface area contributed by atoms with Gasteiger partial charge < -0.3 is 10.1 Å². The average Bonchev–Trinajstić information content (AvgIpc) is 2.50. The standard InChI is InChI=1S/C17H19BrClNO/c1-20-16(10-13-8-9-14(18)11-15(13)19)17(21-2)12-6-4-3-5-7-12/h3-9,11,16-17,20H,10H2,1-2H3. The zero-order valence-electron chi connectivity index (χ0n) is 12.1. The SMILES string of the molecule is CNC(Cc1ccc(Br)cc1Cl)C(OC)c1ccccc1. The second-order valence-electron chi connectivity index (χ2n) is 4.90. The Morgan fingerprint density at radius 2 is 1.90 bits per heavy atom. The number of methoxy groups -OCH3 is 1.